The molecule has 0 spiro atoms. The molecule has 0 heterocycles. The van der Waals surface area contributed by atoms with Crippen LogP contribution in [0.5, 0.6) is 5.75 Å². The molecule has 114 valence electrons. The summed E-state index contributed by atoms with van der Waals surface area (Å²) in [5, 5.41) is 10.2. The molecule has 0 bridgehead atoms. The Kier molecular flexibility index (Phi) is 7.63. The molecule has 0 aliphatic heterocycles. The highest BCUT2D eigenvalue weighted by atomic mass is 16.5. The van der Waals surface area contributed by atoms with Gasteiger partial charge in [-0.15, -0.1) is 0 Å². The summed E-state index contributed by atoms with van der Waals surface area (Å²) in [6.45, 7) is 8.96. The van der Waals surface area contributed by atoms with Crippen molar-refractivity contribution in [3.63, 3.8) is 0 Å². The molecule has 1 aromatic carbocycles. The van der Waals surface area contributed by atoms with Crippen molar-refractivity contribution in [2.45, 2.75) is 39.7 Å². The molecule has 0 radical (unpaired) electrons. The Bertz CT molecular complexity index is 362. The summed E-state index contributed by atoms with van der Waals surface area (Å²) >= 11 is 0. The summed E-state index contributed by atoms with van der Waals surface area (Å²) < 4.78 is 5.54. The van der Waals surface area contributed by atoms with Gasteiger partial charge in [-0.2, -0.15) is 0 Å². The fraction of sp³-hybridized carbons (Fsp3) is 0.647. The Morgan fingerprint density at radius 1 is 1.20 bits per heavy atom. The third-order valence-corrected chi connectivity index (χ3v) is 3.31. The van der Waals surface area contributed by atoms with Gasteiger partial charge in [-0.3, -0.25) is 0 Å². The first-order valence-corrected chi connectivity index (χ1v) is 7.62. The van der Waals surface area contributed by atoms with Crippen LogP contribution in [-0.2, 0) is 0 Å². The Labute approximate surface area is 123 Å². The van der Waals surface area contributed by atoms with Crippen LogP contribution >= 0.6 is 0 Å². The molecule has 1 unspecified atom stereocenters. The summed E-state index contributed by atoms with van der Waals surface area (Å²) in [7, 11) is 2.06. The number of benzene rings is 1. The number of hydrogen-bond donors (Lipinski definition) is 1. The van der Waals surface area contributed by atoms with Crippen molar-refractivity contribution in [2.75, 3.05) is 26.7 Å². The molecule has 20 heavy (non-hydrogen) atoms. The molecule has 1 atom stereocenters. The predicted octanol–water partition coefficient (Wildman–Crippen LogP) is 3.49. The summed E-state index contributed by atoms with van der Waals surface area (Å²) in [6.07, 6.45) is 1.73. The maximum absolute atomic E-state index is 10.2. The number of aliphatic hydroxyl groups excluding tert-OH is 1. The average molecular weight is 279 g/mol. The van der Waals surface area contributed by atoms with Gasteiger partial charge in [0.2, 0.25) is 0 Å². The van der Waals surface area contributed by atoms with E-state index >= 15 is 0 Å². The van der Waals surface area contributed by atoms with Crippen LogP contribution in [0.4, 0.5) is 0 Å². The number of ether oxygens (including phenoxy) is 1. The monoisotopic (exact) mass is 279 g/mol. The van der Waals surface area contributed by atoms with E-state index in [0.29, 0.717) is 12.5 Å². The van der Waals surface area contributed by atoms with Gasteiger partial charge >= 0.3 is 0 Å². The van der Waals surface area contributed by atoms with E-state index in [1.165, 1.54) is 0 Å². The van der Waals surface area contributed by atoms with Crippen LogP contribution in [0.3, 0.4) is 0 Å². The van der Waals surface area contributed by atoms with Crippen LogP contribution in [0.1, 0.15) is 45.3 Å². The third kappa shape index (κ3) is 6.40. The van der Waals surface area contributed by atoms with Crippen LogP contribution in [0, 0.1) is 5.92 Å². The van der Waals surface area contributed by atoms with E-state index in [0.717, 1.165) is 37.3 Å². The molecule has 3 heteroatoms. The standard InChI is InChI=1S/C17H29NO2/c1-5-12-20-16-8-6-15(7-9-16)17(19)13-18(4)11-10-14(2)3/h6-9,14,17,19H,5,10-13H2,1-4H3. The van der Waals surface area contributed by atoms with E-state index in [1.54, 1.807) is 0 Å². The van der Waals surface area contributed by atoms with Crippen molar-refractivity contribution < 1.29 is 9.84 Å². The Hall–Kier alpha value is -1.06. The average Bonchev–Trinajstić information content (AvgIpc) is 2.43. The van der Waals surface area contributed by atoms with Gasteiger partial charge in [0, 0.05) is 6.54 Å². The Morgan fingerprint density at radius 2 is 1.85 bits per heavy atom. The van der Waals surface area contributed by atoms with Crippen LogP contribution in [0.25, 0.3) is 0 Å². The second kappa shape index (κ2) is 8.98. The number of hydrogen-bond acceptors (Lipinski definition) is 3. The molecular weight excluding hydrogens is 250 g/mol. The maximum Gasteiger partial charge on any atom is 0.119 e. The van der Waals surface area contributed by atoms with Gasteiger partial charge in [0.05, 0.1) is 12.7 Å². The number of rotatable bonds is 9. The molecule has 1 rings (SSSR count). The van der Waals surface area contributed by atoms with Crippen molar-refractivity contribution in [3.8, 4) is 5.75 Å². The highest BCUT2D eigenvalue weighted by Gasteiger charge is 2.11. The van der Waals surface area contributed by atoms with Gasteiger partial charge in [0.25, 0.3) is 0 Å². The number of aliphatic hydroxyl groups is 1. The van der Waals surface area contributed by atoms with Gasteiger partial charge in [0.1, 0.15) is 5.75 Å². The van der Waals surface area contributed by atoms with Gasteiger partial charge < -0.3 is 14.7 Å². The van der Waals surface area contributed by atoms with Crippen molar-refractivity contribution in [1.29, 1.82) is 0 Å². The summed E-state index contributed by atoms with van der Waals surface area (Å²) in [5.74, 6) is 1.57. The molecule has 0 aromatic heterocycles. The molecular formula is C17H29NO2. The normalized spacial score (nSPS) is 12.9. The van der Waals surface area contributed by atoms with E-state index in [4.69, 9.17) is 4.74 Å². The quantitative estimate of drug-likeness (QED) is 0.751. The first-order chi connectivity index (χ1) is 9.52. The Morgan fingerprint density at radius 3 is 2.40 bits per heavy atom. The molecule has 3 nitrogen and oxygen atoms in total. The zero-order valence-electron chi connectivity index (χ0n) is 13.3. The topological polar surface area (TPSA) is 32.7 Å². The van der Waals surface area contributed by atoms with E-state index < -0.39 is 6.10 Å². The molecule has 1 N–H and O–H groups in total. The highest BCUT2D eigenvalue weighted by molar-refractivity contribution is 5.28. The minimum Gasteiger partial charge on any atom is -0.494 e. The fourth-order valence-electron chi connectivity index (χ4n) is 1.98. The predicted molar refractivity (Wildman–Crippen MR) is 84.1 cm³/mol. The van der Waals surface area contributed by atoms with Gasteiger partial charge in [-0.25, -0.2) is 0 Å². The number of likely N-dealkylation sites (N-methyl/N-ethyl adjacent to an activating group) is 1. The minimum absolute atomic E-state index is 0.438. The van der Waals surface area contributed by atoms with E-state index in [-0.39, 0.29) is 0 Å². The van der Waals surface area contributed by atoms with E-state index in [9.17, 15) is 5.11 Å². The maximum atomic E-state index is 10.2. The zero-order chi connectivity index (χ0) is 15.0. The first kappa shape index (κ1) is 17.0. The smallest absolute Gasteiger partial charge is 0.119 e. The fourth-order valence-corrected chi connectivity index (χ4v) is 1.98. The van der Waals surface area contributed by atoms with Crippen molar-refractivity contribution in [1.82, 2.24) is 4.90 Å². The van der Waals surface area contributed by atoms with E-state index in [1.807, 2.05) is 24.3 Å². The largest absolute Gasteiger partial charge is 0.494 e. The van der Waals surface area contributed by atoms with Gasteiger partial charge in [0.15, 0.2) is 0 Å². The lowest BCUT2D eigenvalue weighted by molar-refractivity contribution is 0.124. The molecule has 1 aromatic rings. The minimum atomic E-state index is -0.438. The molecule has 0 fully saturated rings. The zero-order valence-corrected chi connectivity index (χ0v) is 13.3. The van der Waals surface area contributed by atoms with E-state index in [2.05, 4.69) is 32.7 Å². The van der Waals surface area contributed by atoms with Gasteiger partial charge in [-0.05, 0) is 50.0 Å². The highest BCUT2D eigenvalue weighted by Crippen LogP contribution is 2.19. The number of nitrogens with zero attached hydrogens (tertiary/aromatic N) is 1. The Balaban J connectivity index is 2.44. The first-order valence-electron chi connectivity index (χ1n) is 7.62. The molecule has 0 saturated heterocycles. The van der Waals surface area contributed by atoms with Crippen LogP contribution in [0.15, 0.2) is 24.3 Å². The summed E-state index contributed by atoms with van der Waals surface area (Å²) in [6, 6.07) is 7.77. The SMILES string of the molecule is CCCOc1ccc(C(O)CN(C)CCC(C)C)cc1. The lowest BCUT2D eigenvalue weighted by Crippen LogP contribution is -2.26. The summed E-state index contributed by atoms with van der Waals surface area (Å²) in [4.78, 5) is 2.19. The molecule has 0 amide bonds. The van der Waals surface area contributed by atoms with Crippen LogP contribution in [-0.4, -0.2) is 36.8 Å². The third-order valence-electron chi connectivity index (χ3n) is 3.31. The second-order valence-electron chi connectivity index (χ2n) is 5.88. The van der Waals surface area contributed by atoms with Crippen molar-refractivity contribution in [2.24, 2.45) is 5.92 Å². The van der Waals surface area contributed by atoms with Crippen LogP contribution < -0.4 is 4.74 Å². The van der Waals surface area contributed by atoms with Crippen LogP contribution in [0.2, 0.25) is 0 Å². The molecule has 0 aliphatic carbocycles. The molecule has 0 saturated carbocycles. The van der Waals surface area contributed by atoms with Crippen molar-refractivity contribution in [3.05, 3.63) is 29.8 Å². The van der Waals surface area contributed by atoms with Crippen molar-refractivity contribution >= 4 is 0 Å². The van der Waals surface area contributed by atoms with Gasteiger partial charge in [-0.1, -0.05) is 32.9 Å². The summed E-state index contributed by atoms with van der Waals surface area (Å²) in [5.41, 5.74) is 0.949. The molecule has 0 aliphatic rings. The second-order valence-corrected chi connectivity index (χ2v) is 5.88. The lowest BCUT2D eigenvalue weighted by atomic mass is 10.1. The lowest BCUT2D eigenvalue weighted by Gasteiger charge is -2.21.